The van der Waals surface area contributed by atoms with Gasteiger partial charge in [-0.3, -0.25) is 4.79 Å². The first-order valence-electron chi connectivity index (χ1n) is 17.7. The molecule has 2 heterocycles. The maximum atomic E-state index is 11.8. The number of rotatable bonds is 10. The Morgan fingerprint density at radius 2 is 1.02 bits per heavy atom. The Labute approximate surface area is 309 Å². The molecule has 0 radical (unpaired) electrons. The van der Waals surface area contributed by atoms with Gasteiger partial charge in [0.15, 0.2) is 0 Å². The third kappa shape index (κ3) is 9.44. The van der Waals surface area contributed by atoms with Crippen molar-refractivity contribution in [2.75, 3.05) is 13.2 Å². The summed E-state index contributed by atoms with van der Waals surface area (Å²) in [5.41, 5.74) is 6.93. The highest BCUT2D eigenvalue weighted by Gasteiger charge is 2.25. The minimum atomic E-state index is -0.371. The van der Waals surface area contributed by atoms with Gasteiger partial charge >= 0.3 is 5.97 Å². The highest BCUT2D eigenvalue weighted by Crippen LogP contribution is 2.38. The van der Waals surface area contributed by atoms with Crippen molar-refractivity contribution < 1.29 is 29.6 Å². The van der Waals surface area contributed by atoms with E-state index in [2.05, 4.69) is 20.4 Å². The topological polar surface area (TPSA) is 165 Å². The lowest BCUT2D eigenvalue weighted by Crippen LogP contribution is -2.15. The molecule has 6 aromatic rings. The van der Waals surface area contributed by atoms with Crippen LogP contribution in [0.15, 0.2) is 72.8 Å². The number of Topliss-reactive ketones (excluding diaryl/α,β-unsaturated/α-hetero) is 1. The monoisotopic (exact) mass is 720 g/mol. The molecule has 2 aromatic heterocycles. The van der Waals surface area contributed by atoms with Gasteiger partial charge in [0, 0.05) is 24.0 Å². The van der Waals surface area contributed by atoms with Gasteiger partial charge in [0.1, 0.15) is 57.3 Å². The van der Waals surface area contributed by atoms with Crippen molar-refractivity contribution in [3.05, 3.63) is 95.1 Å². The summed E-state index contributed by atoms with van der Waals surface area (Å²) in [5, 5.41) is 48.4. The fourth-order valence-corrected chi connectivity index (χ4v) is 5.83. The Bertz CT molecular complexity index is 2180. The lowest BCUT2D eigenvalue weighted by Gasteiger charge is -2.23. The third-order valence-electron chi connectivity index (χ3n) is 8.66. The summed E-state index contributed by atoms with van der Waals surface area (Å²) in [5.74, 6) is 0.0811. The number of nitrogens with zero attached hydrogens (tertiary/aromatic N) is 6. The molecule has 0 spiro atoms. The predicted molar refractivity (Wildman–Crippen MR) is 204 cm³/mol. The molecule has 0 unspecified atom stereocenters. The van der Waals surface area contributed by atoms with E-state index in [0.29, 0.717) is 30.6 Å². The second kappa shape index (κ2) is 16.0. The van der Waals surface area contributed by atoms with E-state index in [9.17, 15) is 19.8 Å². The molecule has 0 amide bonds. The van der Waals surface area contributed by atoms with E-state index in [1.165, 1.54) is 9.59 Å². The van der Waals surface area contributed by atoms with E-state index in [0.717, 1.165) is 44.3 Å². The lowest BCUT2D eigenvalue weighted by molar-refractivity contribution is -0.144. The molecule has 0 aliphatic rings. The Kier molecular flexibility index (Phi) is 11.6. The van der Waals surface area contributed by atoms with Gasteiger partial charge in [0.05, 0.1) is 6.61 Å². The average molecular weight is 721 g/mol. The Hall–Kier alpha value is -5.62. The summed E-state index contributed by atoms with van der Waals surface area (Å²) in [6.45, 7) is 13.6. The molecule has 0 aliphatic heterocycles. The Morgan fingerprint density at radius 1 is 0.642 bits per heavy atom. The van der Waals surface area contributed by atoms with Crippen molar-refractivity contribution in [3.8, 4) is 22.9 Å². The smallest absolute Gasteiger partial charge is 0.306 e. The number of hydrogen-bond acceptors (Lipinski definition) is 10. The molecule has 4 aromatic carbocycles. The number of esters is 1. The molecule has 0 bridgehead atoms. The number of benzene rings is 4. The normalized spacial score (nSPS) is 11.8. The fourth-order valence-electron chi connectivity index (χ4n) is 5.83. The minimum absolute atomic E-state index is 0.00328. The number of ketones is 1. The van der Waals surface area contributed by atoms with Gasteiger partial charge in [-0.15, -0.1) is 30.0 Å². The number of phenols is 2. The number of aromatic hydroxyl groups is 2. The van der Waals surface area contributed by atoms with Crippen LogP contribution >= 0.6 is 0 Å². The van der Waals surface area contributed by atoms with Gasteiger partial charge in [-0.2, -0.15) is 0 Å². The summed E-state index contributed by atoms with van der Waals surface area (Å²) in [7, 11) is 0. The molecule has 278 valence electrons. The van der Waals surface area contributed by atoms with E-state index in [1.807, 2.05) is 108 Å². The van der Waals surface area contributed by atoms with Crippen LogP contribution in [0.25, 0.3) is 33.4 Å². The van der Waals surface area contributed by atoms with Crippen LogP contribution in [0.4, 0.5) is 0 Å². The molecule has 0 aliphatic carbocycles. The molecule has 6 rings (SSSR count). The van der Waals surface area contributed by atoms with Gasteiger partial charge in [-0.25, -0.2) is 0 Å². The molecule has 12 heteroatoms. The summed E-state index contributed by atoms with van der Waals surface area (Å²) >= 11 is 0. The molecule has 0 atom stereocenters. The molecule has 3 N–H and O–H groups in total. The Balaban J connectivity index is 0.000000206. The van der Waals surface area contributed by atoms with E-state index < -0.39 is 0 Å². The number of hydrogen-bond donors (Lipinski definition) is 3. The number of carbonyl (C=O) groups excluding carboxylic acids is 2. The van der Waals surface area contributed by atoms with Crippen LogP contribution in [-0.2, 0) is 38.0 Å². The van der Waals surface area contributed by atoms with Crippen molar-refractivity contribution in [2.45, 2.75) is 85.0 Å². The number of fused-ring (bicyclic) bond motifs is 2. The van der Waals surface area contributed by atoms with Gasteiger partial charge in [-0.1, -0.05) is 77.9 Å². The van der Waals surface area contributed by atoms with Crippen LogP contribution in [0, 0.1) is 0 Å². The van der Waals surface area contributed by atoms with Gasteiger partial charge in [0.25, 0.3) is 0 Å². The number of aliphatic hydroxyl groups is 1. The van der Waals surface area contributed by atoms with Crippen LogP contribution in [0.1, 0.15) is 83.6 Å². The second-order valence-electron chi connectivity index (χ2n) is 15.1. The number of phenolic OH excluding ortho intramolecular Hbond substituents is 2. The van der Waals surface area contributed by atoms with Gasteiger partial charge in [0.2, 0.25) is 0 Å². The summed E-state index contributed by atoms with van der Waals surface area (Å²) in [4.78, 5) is 26.1. The van der Waals surface area contributed by atoms with Crippen LogP contribution in [-0.4, -0.2) is 70.3 Å². The predicted octanol–water partition coefficient (Wildman–Crippen LogP) is 6.84. The molecular weight excluding hydrogens is 672 g/mol. The standard InChI is InChI=1S/C21H25N3O4.C20H23N3O2/c1-21(2,3)15-12-14(8-9-19(26)28-11-10-25)13-18(20(15)27)24-22-16-6-4-5-7-17(16)23-24;1-13(24)9-10-14-11-15(20(2,3)4)19(25)18(12-14)23-21-16-7-5-6-8-17(16)22-23/h4-7,12-13,25,27H,8-11H2,1-3H3;5-8,11-12,25H,9-10H2,1-4H3. The first-order chi connectivity index (χ1) is 25.0. The molecule has 12 nitrogen and oxygen atoms in total. The fraction of sp³-hybridized carbons (Fsp3) is 0.366. The molecule has 0 fully saturated rings. The van der Waals surface area contributed by atoms with Crippen molar-refractivity contribution in [1.29, 1.82) is 0 Å². The van der Waals surface area contributed by atoms with Crippen LogP contribution in [0.5, 0.6) is 11.5 Å². The largest absolute Gasteiger partial charge is 0.505 e. The van der Waals surface area contributed by atoms with Crippen molar-refractivity contribution in [2.24, 2.45) is 0 Å². The summed E-state index contributed by atoms with van der Waals surface area (Å²) < 4.78 is 4.92. The van der Waals surface area contributed by atoms with E-state index in [-0.39, 0.29) is 53.7 Å². The summed E-state index contributed by atoms with van der Waals surface area (Å²) in [6.07, 6.45) is 1.73. The molecule has 53 heavy (non-hydrogen) atoms. The quantitative estimate of drug-likeness (QED) is 0.128. The van der Waals surface area contributed by atoms with Crippen LogP contribution in [0.2, 0.25) is 0 Å². The first-order valence-corrected chi connectivity index (χ1v) is 17.7. The maximum absolute atomic E-state index is 11.8. The van der Waals surface area contributed by atoms with E-state index in [4.69, 9.17) is 9.84 Å². The van der Waals surface area contributed by atoms with E-state index >= 15 is 0 Å². The maximum Gasteiger partial charge on any atom is 0.306 e. The second-order valence-corrected chi connectivity index (χ2v) is 15.1. The van der Waals surface area contributed by atoms with Crippen LogP contribution < -0.4 is 0 Å². The molecule has 0 saturated heterocycles. The number of aromatic nitrogens is 6. The third-order valence-corrected chi connectivity index (χ3v) is 8.66. The summed E-state index contributed by atoms with van der Waals surface area (Å²) in [6, 6.07) is 22.6. The molecule has 0 saturated carbocycles. The lowest BCUT2D eigenvalue weighted by atomic mass is 9.84. The first kappa shape index (κ1) is 38.6. The van der Waals surface area contributed by atoms with Gasteiger partial charge < -0.3 is 24.9 Å². The number of ether oxygens (including phenoxy) is 1. The zero-order valence-corrected chi connectivity index (χ0v) is 31.4. The number of aryl methyl sites for hydroxylation is 2. The van der Waals surface area contributed by atoms with Crippen molar-refractivity contribution in [3.63, 3.8) is 0 Å². The average Bonchev–Trinajstić information content (AvgIpc) is 3.73. The minimum Gasteiger partial charge on any atom is -0.505 e. The van der Waals surface area contributed by atoms with E-state index in [1.54, 1.807) is 13.0 Å². The van der Waals surface area contributed by atoms with Crippen molar-refractivity contribution >= 4 is 33.8 Å². The van der Waals surface area contributed by atoms with Crippen molar-refractivity contribution in [1.82, 2.24) is 30.0 Å². The van der Waals surface area contributed by atoms with Gasteiger partial charge in [-0.05, 0) is 78.1 Å². The zero-order chi connectivity index (χ0) is 38.5. The van der Waals surface area contributed by atoms with Crippen LogP contribution in [0.3, 0.4) is 0 Å². The number of aliphatic hydroxyl groups excluding tert-OH is 1. The zero-order valence-electron chi connectivity index (χ0n) is 31.4. The highest BCUT2D eigenvalue weighted by molar-refractivity contribution is 5.76. The SMILES string of the molecule is CC(=O)CCc1cc(-n2nc3ccccc3n2)c(O)c(C(C)(C)C)c1.CC(C)(C)c1cc(CCC(=O)OCCO)cc(-n2nc3ccccc3n2)c1O. The number of carbonyl (C=O) groups is 2. The molecular formula is C41H48N6O6. The Morgan fingerprint density at radius 3 is 1.36 bits per heavy atom. The highest BCUT2D eigenvalue weighted by atomic mass is 16.5.